The minimum atomic E-state index is -2.90. The van der Waals surface area contributed by atoms with Crippen LogP contribution in [-0.2, 0) is 19.4 Å². The molecule has 0 aliphatic heterocycles. The summed E-state index contributed by atoms with van der Waals surface area (Å²) in [7, 11) is 0.349. The molecule has 0 radical (unpaired) electrons. The van der Waals surface area contributed by atoms with Crippen LogP contribution in [0, 0.1) is 5.92 Å². The molecule has 2 heterocycles. The Balaban J connectivity index is 1.22. The fourth-order valence-electron chi connectivity index (χ4n) is 6.99. The van der Waals surface area contributed by atoms with Gasteiger partial charge in [-0.05, 0) is 65.9 Å². The maximum atomic E-state index is 12.9. The SMILES string of the molecule is COc1ccc(C(OC[C@H]2C[C@@H](n3cnc4c(NC(=O)c5ccccc5)ncnc43)C[C@@H]2O[P+](=O)O)(c2ccccc2)c2ccc(OC)cc2)cc1. The lowest BCUT2D eigenvalue weighted by molar-refractivity contribution is -0.0258. The molecule has 0 spiro atoms. The number of aromatic nitrogens is 4. The van der Waals surface area contributed by atoms with Crippen molar-refractivity contribution in [1.82, 2.24) is 19.5 Å². The third-order valence-corrected chi connectivity index (χ3v) is 9.99. The van der Waals surface area contributed by atoms with Gasteiger partial charge in [0.2, 0.25) is 0 Å². The number of amides is 1. The van der Waals surface area contributed by atoms with Crippen molar-refractivity contribution in [2.45, 2.75) is 30.6 Å². The van der Waals surface area contributed by atoms with E-state index >= 15 is 0 Å². The predicted molar refractivity (Wildman–Crippen MR) is 194 cm³/mol. The summed E-state index contributed by atoms with van der Waals surface area (Å²) >= 11 is 0. The highest BCUT2D eigenvalue weighted by Gasteiger charge is 2.45. The van der Waals surface area contributed by atoms with Crippen molar-refractivity contribution >= 4 is 31.1 Å². The van der Waals surface area contributed by atoms with E-state index < -0.39 is 20.0 Å². The number of carbonyl (C=O) groups excluding carboxylic acids is 1. The average Bonchev–Trinajstić information content (AvgIpc) is 3.80. The first-order valence-corrected chi connectivity index (χ1v) is 17.9. The van der Waals surface area contributed by atoms with Crippen LogP contribution in [0.3, 0.4) is 0 Å². The Labute approximate surface area is 301 Å². The van der Waals surface area contributed by atoms with Crippen LogP contribution in [0.2, 0.25) is 0 Å². The summed E-state index contributed by atoms with van der Waals surface area (Å²) in [4.78, 5) is 36.3. The number of rotatable bonds is 13. The predicted octanol–water partition coefficient (Wildman–Crippen LogP) is 7.09. The maximum Gasteiger partial charge on any atom is 0.695 e. The first-order chi connectivity index (χ1) is 25.4. The van der Waals surface area contributed by atoms with Gasteiger partial charge in [-0.25, -0.2) is 15.0 Å². The summed E-state index contributed by atoms with van der Waals surface area (Å²) in [5, 5.41) is 2.85. The van der Waals surface area contributed by atoms with Gasteiger partial charge in [-0.1, -0.05) is 72.8 Å². The molecule has 7 rings (SSSR count). The van der Waals surface area contributed by atoms with Gasteiger partial charge in [0.25, 0.3) is 5.91 Å². The van der Waals surface area contributed by atoms with Gasteiger partial charge in [-0.15, -0.1) is 9.42 Å². The number of nitrogens with one attached hydrogen (secondary N) is 1. The van der Waals surface area contributed by atoms with Crippen molar-refractivity contribution in [3.05, 3.63) is 144 Å². The van der Waals surface area contributed by atoms with E-state index in [-0.39, 0.29) is 30.3 Å². The molecule has 2 N–H and O–H groups in total. The Hall–Kier alpha value is -5.52. The zero-order valence-electron chi connectivity index (χ0n) is 28.5. The van der Waals surface area contributed by atoms with Gasteiger partial charge in [0.15, 0.2) is 17.0 Å². The molecule has 1 saturated carbocycles. The number of hydrogen-bond donors (Lipinski definition) is 2. The van der Waals surface area contributed by atoms with Gasteiger partial charge in [0.05, 0.1) is 27.2 Å². The van der Waals surface area contributed by atoms with E-state index in [1.165, 1.54) is 6.33 Å². The topological polar surface area (TPSA) is 147 Å². The quantitative estimate of drug-likeness (QED) is 0.0937. The number of ether oxygens (including phenoxy) is 3. The Morgan fingerprint density at radius 2 is 1.42 bits per heavy atom. The lowest BCUT2D eigenvalue weighted by Crippen LogP contribution is -2.36. The van der Waals surface area contributed by atoms with Gasteiger partial charge < -0.3 is 24.1 Å². The second-order valence-corrected chi connectivity index (χ2v) is 13.1. The van der Waals surface area contributed by atoms with Crippen LogP contribution in [0.4, 0.5) is 5.82 Å². The summed E-state index contributed by atoms with van der Waals surface area (Å²) in [5.74, 6) is 1.08. The van der Waals surface area contributed by atoms with Crippen LogP contribution < -0.4 is 14.8 Å². The van der Waals surface area contributed by atoms with E-state index in [9.17, 15) is 14.3 Å². The highest BCUT2D eigenvalue weighted by molar-refractivity contribution is 7.32. The van der Waals surface area contributed by atoms with Crippen molar-refractivity contribution in [2.24, 2.45) is 5.92 Å². The van der Waals surface area contributed by atoms with Crippen LogP contribution in [0.25, 0.3) is 11.2 Å². The molecule has 1 aliphatic carbocycles. The van der Waals surface area contributed by atoms with Gasteiger partial charge >= 0.3 is 8.25 Å². The molecule has 1 amide bonds. The minimum absolute atomic E-state index is 0.178. The van der Waals surface area contributed by atoms with Crippen molar-refractivity contribution < 1.29 is 33.0 Å². The molecular formula is C39H37N5O7P+. The molecule has 1 fully saturated rings. The zero-order valence-corrected chi connectivity index (χ0v) is 29.4. The minimum Gasteiger partial charge on any atom is -0.497 e. The van der Waals surface area contributed by atoms with E-state index in [1.54, 1.807) is 44.8 Å². The molecule has 0 bridgehead atoms. The van der Waals surface area contributed by atoms with Crippen LogP contribution in [0.5, 0.6) is 11.5 Å². The Kier molecular flexibility index (Phi) is 10.3. The number of fused-ring (bicyclic) bond motifs is 1. The number of methoxy groups -OCH3 is 2. The Morgan fingerprint density at radius 1 is 0.827 bits per heavy atom. The van der Waals surface area contributed by atoms with E-state index in [4.69, 9.17) is 18.7 Å². The molecule has 12 nitrogen and oxygen atoms in total. The second-order valence-electron chi connectivity index (χ2n) is 12.4. The molecule has 13 heteroatoms. The molecular weight excluding hydrogens is 681 g/mol. The molecule has 52 heavy (non-hydrogen) atoms. The smallest absolute Gasteiger partial charge is 0.497 e. The van der Waals surface area contributed by atoms with E-state index in [2.05, 4.69) is 20.3 Å². The first kappa shape index (κ1) is 34.9. The summed E-state index contributed by atoms with van der Waals surface area (Å²) < 4.78 is 37.8. The van der Waals surface area contributed by atoms with Crippen molar-refractivity contribution in [3.63, 3.8) is 0 Å². The first-order valence-electron chi connectivity index (χ1n) is 16.7. The lowest BCUT2D eigenvalue weighted by atomic mass is 9.80. The summed E-state index contributed by atoms with van der Waals surface area (Å²) in [6.45, 7) is 0.178. The Morgan fingerprint density at radius 3 is 2.02 bits per heavy atom. The number of hydrogen-bond acceptors (Lipinski definition) is 9. The van der Waals surface area contributed by atoms with Crippen LogP contribution in [-0.4, -0.2) is 57.3 Å². The summed E-state index contributed by atoms with van der Waals surface area (Å²) in [6.07, 6.45) is 3.36. The fourth-order valence-corrected chi connectivity index (χ4v) is 7.48. The number of nitrogens with zero attached hydrogens (tertiary/aromatic N) is 4. The molecule has 4 aromatic carbocycles. The van der Waals surface area contributed by atoms with E-state index in [0.717, 1.165) is 16.7 Å². The lowest BCUT2D eigenvalue weighted by Gasteiger charge is -2.37. The van der Waals surface area contributed by atoms with Gasteiger partial charge in [0.1, 0.15) is 29.5 Å². The highest BCUT2D eigenvalue weighted by atomic mass is 31.1. The van der Waals surface area contributed by atoms with Crippen molar-refractivity contribution in [3.8, 4) is 11.5 Å². The van der Waals surface area contributed by atoms with Gasteiger partial charge in [-0.3, -0.25) is 4.79 Å². The highest BCUT2D eigenvalue weighted by Crippen LogP contribution is 2.46. The third kappa shape index (κ3) is 7.02. The molecule has 264 valence electrons. The number of anilines is 1. The van der Waals surface area contributed by atoms with Crippen LogP contribution in [0.15, 0.2) is 122 Å². The largest absolute Gasteiger partial charge is 0.695 e. The fraction of sp³-hybridized carbons (Fsp3) is 0.231. The van der Waals surface area contributed by atoms with E-state index in [0.29, 0.717) is 41.1 Å². The molecule has 4 atom stereocenters. The number of benzene rings is 4. The average molecular weight is 719 g/mol. The van der Waals surface area contributed by atoms with Gasteiger partial charge in [0, 0.05) is 22.1 Å². The maximum absolute atomic E-state index is 12.9. The number of imidazole rings is 1. The van der Waals surface area contributed by atoms with Gasteiger partial charge in [-0.2, -0.15) is 0 Å². The molecule has 6 aromatic rings. The standard InChI is InChI=1S/C39H36N5O7P/c1-48-32-17-13-29(14-18-32)39(28-11-7-4-8-12-28,30-15-19-33(49-2)20-16-30)50-23-27-21-31(22-34(27)51-52(46)47)44-25-42-35-36(40-24-41-37(35)44)43-38(45)26-9-5-3-6-10-26/h3-20,24-25,27,31,34H,21-23H2,1-2H3,(H-,40,41,43,45,46,47)/p+1/t27-,31-,34+/m1/s1. The molecule has 2 aromatic heterocycles. The summed E-state index contributed by atoms with van der Waals surface area (Å²) in [6, 6.07) is 34.1. The normalized spacial score (nSPS) is 17.5. The number of carbonyl (C=O) groups is 1. The molecule has 1 aliphatic rings. The Bertz CT molecular complexity index is 2100. The summed E-state index contributed by atoms with van der Waals surface area (Å²) in [5.41, 5.74) is 2.99. The van der Waals surface area contributed by atoms with Crippen molar-refractivity contribution in [2.75, 3.05) is 26.1 Å². The van der Waals surface area contributed by atoms with Crippen molar-refractivity contribution in [1.29, 1.82) is 0 Å². The second kappa shape index (κ2) is 15.4. The third-order valence-electron chi connectivity index (χ3n) is 9.54. The molecule has 1 unspecified atom stereocenters. The molecule has 0 saturated heterocycles. The van der Waals surface area contributed by atoms with Crippen LogP contribution >= 0.6 is 8.25 Å². The van der Waals surface area contributed by atoms with E-state index in [1.807, 2.05) is 89.5 Å². The zero-order chi connectivity index (χ0) is 36.1. The monoisotopic (exact) mass is 718 g/mol. The van der Waals surface area contributed by atoms with Crippen LogP contribution in [0.1, 0.15) is 45.9 Å².